The molecular weight excluding hydrogens is 305 g/mol. The van der Waals surface area contributed by atoms with Crippen molar-refractivity contribution in [3.63, 3.8) is 0 Å². The zero-order chi connectivity index (χ0) is 17.5. The Labute approximate surface area is 142 Å². The van der Waals surface area contributed by atoms with Gasteiger partial charge in [-0.05, 0) is 41.3 Å². The molecule has 0 spiro atoms. The van der Waals surface area contributed by atoms with Crippen LogP contribution in [-0.2, 0) is 4.74 Å². The third-order valence-corrected chi connectivity index (χ3v) is 3.78. The second-order valence-corrected chi connectivity index (χ2v) is 5.91. The lowest BCUT2D eigenvalue weighted by molar-refractivity contribution is 0.111. The normalized spacial score (nSPS) is 13.1. The zero-order valence-electron chi connectivity index (χ0n) is 14.3. The molecular formula is C19H24FN3O. The predicted molar refractivity (Wildman–Crippen MR) is 96.8 cm³/mol. The van der Waals surface area contributed by atoms with Crippen molar-refractivity contribution < 1.29 is 9.13 Å². The van der Waals surface area contributed by atoms with Crippen LogP contribution in [-0.4, -0.2) is 19.6 Å². The molecule has 1 unspecified atom stereocenters. The Kier molecular flexibility index (Phi) is 6.32. The lowest BCUT2D eigenvalue weighted by atomic mass is 10.0. The molecule has 0 aliphatic rings. The fourth-order valence-electron chi connectivity index (χ4n) is 2.34. The van der Waals surface area contributed by atoms with Gasteiger partial charge >= 0.3 is 0 Å². The van der Waals surface area contributed by atoms with E-state index in [1.54, 1.807) is 19.2 Å². The number of anilines is 1. The number of hydrogen-bond donors (Lipinski definition) is 2. The maximum atomic E-state index is 13.0. The molecule has 0 bridgehead atoms. The molecule has 5 heteroatoms. The fraction of sp³-hybridized carbons (Fsp3) is 0.316. The number of nitrogens with zero attached hydrogens (tertiary/aromatic N) is 1. The number of aliphatic imine (C=N–C) groups is 1. The van der Waals surface area contributed by atoms with Gasteiger partial charge < -0.3 is 15.8 Å². The van der Waals surface area contributed by atoms with Gasteiger partial charge in [0.1, 0.15) is 11.9 Å². The van der Waals surface area contributed by atoms with Gasteiger partial charge in [0.05, 0.1) is 6.54 Å². The molecule has 128 valence electrons. The van der Waals surface area contributed by atoms with E-state index in [-0.39, 0.29) is 11.9 Å². The number of methoxy groups -OCH3 is 1. The zero-order valence-corrected chi connectivity index (χ0v) is 14.3. The molecule has 2 aromatic carbocycles. The number of nitrogens with two attached hydrogens (primary N) is 1. The molecule has 4 nitrogen and oxygen atoms in total. The van der Waals surface area contributed by atoms with Gasteiger partial charge in [-0.3, -0.25) is 4.99 Å². The number of halogens is 1. The first-order valence-corrected chi connectivity index (χ1v) is 7.94. The second-order valence-electron chi connectivity index (χ2n) is 5.91. The number of guanidine groups is 1. The second kappa shape index (κ2) is 8.45. The van der Waals surface area contributed by atoms with Crippen molar-refractivity contribution in [1.29, 1.82) is 0 Å². The molecule has 0 saturated heterocycles. The van der Waals surface area contributed by atoms with Crippen LogP contribution in [0.5, 0.6) is 0 Å². The number of ether oxygens (including phenoxy) is 1. The van der Waals surface area contributed by atoms with E-state index in [9.17, 15) is 4.39 Å². The first kappa shape index (κ1) is 17.9. The van der Waals surface area contributed by atoms with E-state index in [1.807, 2.05) is 12.1 Å². The molecule has 0 radical (unpaired) electrons. The number of rotatable bonds is 6. The third kappa shape index (κ3) is 5.06. The monoisotopic (exact) mass is 329 g/mol. The summed E-state index contributed by atoms with van der Waals surface area (Å²) in [6, 6.07) is 14.3. The standard InChI is InChI=1S/C19H24FN3O/c1-13(2)15-5-4-6-17(11-15)23-19(21)22-12-18(24-3)14-7-9-16(20)10-8-14/h4-11,13,18H,12H2,1-3H3,(H3,21,22,23). The predicted octanol–water partition coefficient (Wildman–Crippen LogP) is 4.06. The molecule has 0 saturated carbocycles. The van der Waals surface area contributed by atoms with Crippen LogP contribution in [0.15, 0.2) is 53.5 Å². The minimum absolute atomic E-state index is 0.270. The highest BCUT2D eigenvalue weighted by Gasteiger charge is 2.10. The summed E-state index contributed by atoms with van der Waals surface area (Å²) < 4.78 is 18.4. The average molecular weight is 329 g/mol. The first-order valence-electron chi connectivity index (χ1n) is 7.94. The van der Waals surface area contributed by atoms with Gasteiger partial charge in [0, 0.05) is 12.8 Å². The Morgan fingerprint density at radius 1 is 1.17 bits per heavy atom. The summed E-state index contributed by atoms with van der Waals surface area (Å²) >= 11 is 0. The summed E-state index contributed by atoms with van der Waals surface area (Å²) in [6.45, 7) is 4.63. The van der Waals surface area contributed by atoms with E-state index in [1.165, 1.54) is 17.7 Å². The third-order valence-electron chi connectivity index (χ3n) is 3.78. The van der Waals surface area contributed by atoms with E-state index in [0.717, 1.165) is 11.3 Å². The van der Waals surface area contributed by atoms with E-state index in [0.29, 0.717) is 18.4 Å². The van der Waals surface area contributed by atoms with Crippen LogP contribution in [0.4, 0.5) is 10.1 Å². The lowest BCUT2D eigenvalue weighted by Crippen LogP contribution is -2.24. The van der Waals surface area contributed by atoms with Crippen LogP contribution in [0.25, 0.3) is 0 Å². The largest absolute Gasteiger partial charge is 0.375 e. The molecule has 0 aromatic heterocycles. The molecule has 0 aliphatic carbocycles. The Hall–Kier alpha value is -2.40. The van der Waals surface area contributed by atoms with E-state index in [2.05, 4.69) is 36.3 Å². The van der Waals surface area contributed by atoms with Gasteiger partial charge in [-0.15, -0.1) is 0 Å². The highest BCUT2D eigenvalue weighted by molar-refractivity contribution is 5.92. The van der Waals surface area contributed by atoms with Crippen molar-refractivity contribution in [2.45, 2.75) is 25.9 Å². The number of nitrogens with one attached hydrogen (secondary N) is 1. The minimum Gasteiger partial charge on any atom is -0.375 e. The SMILES string of the molecule is COC(CN=C(N)Nc1cccc(C(C)C)c1)c1ccc(F)cc1. The Balaban J connectivity index is 2.02. The molecule has 1 atom stereocenters. The van der Waals surface area contributed by atoms with Crippen molar-refractivity contribution in [2.75, 3.05) is 19.0 Å². The maximum absolute atomic E-state index is 13.0. The Bertz CT molecular complexity index is 683. The molecule has 0 aliphatic heterocycles. The summed E-state index contributed by atoms with van der Waals surface area (Å²) in [5.74, 6) is 0.490. The summed E-state index contributed by atoms with van der Waals surface area (Å²) in [5, 5.41) is 3.09. The molecule has 3 N–H and O–H groups in total. The Morgan fingerprint density at radius 2 is 1.88 bits per heavy atom. The van der Waals surface area contributed by atoms with Crippen molar-refractivity contribution >= 4 is 11.6 Å². The van der Waals surface area contributed by atoms with Crippen LogP contribution in [0.3, 0.4) is 0 Å². The lowest BCUT2D eigenvalue weighted by Gasteiger charge is -2.14. The van der Waals surface area contributed by atoms with Gasteiger partial charge in [-0.2, -0.15) is 0 Å². The number of benzene rings is 2. The van der Waals surface area contributed by atoms with Crippen LogP contribution >= 0.6 is 0 Å². The van der Waals surface area contributed by atoms with E-state index < -0.39 is 0 Å². The van der Waals surface area contributed by atoms with Crippen LogP contribution in [0.1, 0.15) is 37.0 Å². The van der Waals surface area contributed by atoms with Gasteiger partial charge in [-0.1, -0.05) is 38.1 Å². The molecule has 2 rings (SSSR count). The summed E-state index contributed by atoms with van der Waals surface area (Å²) in [6.07, 6.45) is -0.270. The van der Waals surface area contributed by atoms with Crippen molar-refractivity contribution in [2.24, 2.45) is 10.7 Å². The van der Waals surface area contributed by atoms with Crippen LogP contribution in [0.2, 0.25) is 0 Å². The topological polar surface area (TPSA) is 59.6 Å². The van der Waals surface area contributed by atoms with Gasteiger partial charge in [0.15, 0.2) is 5.96 Å². The fourth-order valence-corrected chi connectivity index (χ4v) is 2.34. The molecule has 0 heterocycles. The smallest absolute Gasteiger partial charge is 0.193 e. The molecule has 0 fully saturated rings. The van der Waals surface area contributed by atoms with Crippen molar-refractivity contribution in [3.8, 4) is 0 Å². The average Bonchev–Trinajstić information content (AvgIpc) is 2.57. The van der Waals surface area contributed by atoms with Crippen LogP contribution < -0.4 is 11.1 Å². The van der Waals surface area contributed by atoms with E-state index in [4.69, 9.17) is 10.5 Å². The molecule has 2 aromatic rings. The maximum Gasteiger partial charge on any atom is 0.193 e. The minimum atomic E-state index is -0.275. The number of hydrogen-bond acceptors (Lipinski definition) is 2. The Morgan fingerprint density at radius 3 is 2.50 bits per heavy atom. The summed E-state index contributed by atoms with van der Waals surface area (Å²) in [4.78, 5) is 4.33. The van der Waals surface area contributed by atoms with Gasteiger partial charge in [0.2, 0.25) is 0 Å². The molecule has 0 amide bonds. The quantitative estimate of drug-likeness (QED) is 0.620. The molecule has 24 heavy (non-hydrogen) atoms. The highest BCUT2D eigenvalue weighted by atomic mass is 19.1. The van der Waals surface area contributed by atoms with Crippen molar-refractivity contribution in [3.05, 3.63) is 65.5 Å². The van der Waals surface area contributed by atoms with Crippen molar-refractivity contribution in [1.82, 2.24) is 0 Å². The van der Waals surface area contributed by atoms with Gasteiger partial charge in [0.25, 0.3) is 0 Å². The summed E-state index contributed by atoms with van der Waals surface area (Å²) in [5.41, 5.74) is 8.95. The van der Waals surface area contributed by atoms with Crippen LogP contribution in [0, 0.1) is 5.82 Å². The summed E-state index contributed by atoms with van der Waals surface area (Å²) in [7, 11) is 1.60. The first-order chi connectivity index (χ1) is 11.5. The highest BCUT2D eigenvalue weighted by Crippen LogP contribution is 2.19. The van der Waals surface area contributed by atoms with E-state index >= 15 is 0 Å². The van der Waals surface area contributed by atoms with Gasteiger partial charge in [-0.25, -0.2) is 4.39 Å².